The molecule has 0 fully saturated rings. The maximum atomic E-state index is 10.8. The predicted octanol–water partition coefficient (Wildman–Crippen LogP) is -3.57. The van der Waals surface area contributed by atoms with Crippen molar-refractivity contribution in [3.63, 3.8) is 0 Å². The van der Waals surface area contributed by atoms with Gasteiger partial charge < -0.3 is 14.2 Å². The molecule has 0 bridgehead atoms. The van der Waals surface area contributed by atoms with E-state index in [9.17, 15) is 14.4 Å². The Morgan fingerprint density at radius 1 is 1.00 bits per heavy atom. The van der Waals surface area contributed by atoms with E-state index in [1.165, 1.54) is 0 Å². The van der Waals surface area contributed by atoms with Gasteiger partial charge in [0.2, 0.25) is 11.9 Å². The largest absolute Gasteiger partial charge is 1.00 e. The molecule has 74 valence electrons. The molecule has 0 atom stereocenters. The molecule has 0 N–H and O–H groups in total. The first-order valence-corrected chi connectivity index (χ1v) is 3.25. The van der Waals surface area contributed by atoms with Gasteiger partial charge in [0.15, 0.2) is 0 Å². The minimum atomic E-state index is -1.05. The Hall–Kier alpha value is -0.720. The summed E-state index contributed by atoms with van der Waals surface area (Å²) in [5.74, 6) is -2.91. The Labute approximate surface area is 103 Å². The number of methoxy groups -OCH3 is 2. The van der Waals surface area contributed by atoms with Crippen LogP contribution in [0.25, 0.3) is 0 Å². The van der Waals surface area contributed by atoms with Crippen molar-refractivity contribution in [1.29, 1.82) is 0 Å². The van der Waals surface area contributed by atoms with Crippen LogP contribution in [0.2, 0.25) is 0 Å². The first-order chi connectivity index (χ1) is 6.02. The Morgan fingerprint density at radius 2 is 1.36 bits per heavy atom. The summed E-state index contributed by atoms with van der Waals surface area (Å²) < 4.78 is 12.6. The van der Waals surface area contributed by atoms with Gasteiger partial charge in [-0.25, -0.2) is 0 Å². The minimum Gasteiger partial charge on any atom is -0.594 e. The van der Waals surface area contributed by atoms with E-state index < -0.39 is 24.0 Å². The molecule has 0 aromatic carbocycles. The summed E-state index contributed by atoms with van der Waals surface area (Å²) in [5, 5.41) is 0. The zero-order valence-corrected chi connectivity index (χ0v) is 10.4. The van der Waals surface area contributed by atoms with Crippen molar-refractivity contribution in [1.82, 2.24) is 0 Å². The molecule has 6 nitrogen and oxygen atoms in total. The number of esters is 3. The fourth-order valence-corrected chi connectivity index (χ4v) is 0.496. The summed E-state index contributed by atoms with van der Waals surface area (Å²) in [7, 11) is 2.10. The Bertz CT molecular complexity index is 210. The Kier molecular flexibility index (Phi) is 8.61. The second kappa shape index (κ2) is 7.66. The van der Waals surface area contributed by atoms with Gasteiger partial charge in [-0.3, -0.25) is 14.4 Å². The normalized spacial score (nSPS) is 7.93. The number of hydrogen-bond donors (Lipinski definition) is 0. The fraction of sp³-hybridized carbons (Fsp3) is 0.429. The van der Waals surface area contributed by atoms with Crippen molar-refractivity contribution >= 4 is 17.9 Å². The van der Waals surface area contributed by atoms with Crippen molar-refractivity contribution in [2.75, 3.05) is 14.2 Å². The molecule has 0 heterocycles. The summed E-state index contributed by atoms with van der Waals surface area (Å²) in [6, 6.07) is 0. The summed E-state index contributed by atoms with van der Waals surface area (Å²) in [4.78, 5) is 32.1. The average Bonchev–Trinajstić information content (AvgIpc) is 2.11. The van der Waals surface area contributed by atoms with Gasteiger partial charge in [-0.15, -0.1) is 0 Å². The Balaban J connectivity index is 0. The van der Waals surface area contributed by atoms with Gasteiger partial charge in [-0.2, -0.15) is 0 Å². The van der Waals surface area contributed by atoms with Crippen molar-refractivity contribution in [2.45, 2.75) is 6.92 Å². The van der Waals surface area contributed by atoms with Crippen molar-refractivity contribution in [3.05, 3.63) is 6.10 Å². The molecule has 0 aliphatic carbocycles. The molecule has 0 radical (unpaired) electrons. The summed E-state index contributed by atoms with van der Waals surface area (Å²) in [6.07, 6.45) is -0.780. The van der Waals surface area contributed by atoms with Crippen molar-refractivity contribution < 1.29 is 58.2 Å². The van der Waals surface area contributed by atoms with Crippen LogP contribution in [0.15, 0.2) is 0 Å². The van der Waals surface area contributed by atoms with Crippen LogP contribution < -0.4 is 29.6 Å². The van der Waals surface area contributed by atoms with Gasteiger partial charge in [0.25, 0.3) is 5.97 Å². The number of rotatable bonds is 3. The number of carbonyl (C=O) groups excluding carboxylic acids is 3. The third-order valence-corrected chi connectivity index (χ3v) is 0.987. The molecule has 0 aromatic rings. The van der Waals surface area contributed by atoms with E-state index in [0.29, 0.717) is 0 Å². The van der Waals surface area contributed by atoms with E-state index in [0.717, 1.165) is 21.1 Å². The predicted molar refractivity (Wildman–Crippen MR) is 39.0 cm³/mol. The number of hydrogen-bond acceptors (Lipinski definition) is 6. The fourth-order valence-electron chi connectivity index (χ4n) is 0.496. The maximum Gasteiger partial charge on any atom is 1.00 e. The monoisotopic (exact) mass is 212 g/mol. The van der Waals surface area contributed by atoms with Crippen molar-refractivity contribution in [3.8, 4) is 0 Å². The molecule has 0 spiro atoms. The van der Waals surface area contributed by atoms with E-state index >= 15 is 0 Å². The first kappa shape index (κ1) is 15.7. The molecule has 0 amide bonds. The van der Waals surface area contributed by atoms with Crippen molar-refractivity contribution in [2.24, 2.45) is 0 Å². The Morgan fingerprint density at radius 3 is 1.57 bits per heavy atom. The van der Waals surface area contributed by atoms with Crippen LogP contribution in [0.3, 0.4) is 0 Å². The standard InChI is InChI=1S/C7H9O6.Na/c1-4(8)13-5(6(9)11-2)7(10)12-3;/h1-3H3;/q-1;+1. The molecular weight excluding hydrogens is 203 g/mol. The van der Waals surface area contributed by atoms with Gasteiger partial charge in [0, 0.05) is 6.92 Å². The van der Waals surface area contributed by atoms with Gasteiger partial charge in [0.1, 0.15) is 0 Å². The third kappa shape index (κ3) is 5.11. The molecule has 14 heavy (non-hydrogen) atoms. The molecule has 0 aliphatic heterocycles. The van der Waals surface area contributed by atoms with E-state index in [1.54, 1.807) is 0 Å². The summed E-state index contributed by atoms with van der Waals surface area (Å²) >= 11 is 0. The first-order valence-electron chi connectivity index (χ1n) is 3.25. The van der Waals surface area contributed by atoms with Crippen LogP contribution in [0, 0.1) is 6.10 Å². The molecule has 0 saturated heterocycles. The molecule has 0 aliphatic rings. The molecule has 0 rings (SSSR count). The topological polar surface area (TPSA) is 78.9 Å². The van der Waals surface area contributed by atoms with Crippen LogP contribution in [-0.4, -0.2) is 32.1 Å². The number of ether oxygens (including phenoxy) is 3. The van der Waals surface area contributed by atoms with E-state index in [-0.39, 0.29) is 29.6 Å². The van der Waals surface area contributed by atoms with Crippen LogP contribution >= 0.6 is 0 Å². The van der Waals surface area contributed by atoms with E-state index in [1.807, 2.05) is 0 Å². The molecular formula is C7H9NaO6. The molecule has 0 saturated carbocycles. The zero-order valence-electron chi connectivity index (χ0n) is 8.45. The average molecular weight is 212 g/mol. The van der Waals surface area contributed by atoms with E-state index in [2.05, 4.69) is 14.2 Å². The quantitative estimate of drug-likeness (QED) is 0.158. The number of carbonyl (C=O) groups is 3. The summed E-state index contributed by atoms with van der Waals surface area (Å²) in [6.45, 7) is 1.05. The third-order valence-electron chi connectivity index (χ3n) is 0.987. The second-order valence-electron chi connectivity index (χ2n) is 1.91. The summed E-state index contributed by atoms with van der Waals surface area (Å²) in [5.41, 5.74) is 0. The maximum absolute atomic E-state index is 10.8. The SMILES string of the molecule is COC(=O)[C-](OC(C)=O)C(=O)OC.[Na+]. The minimum absolute atomic E-state index is 0. The van der Waals surface area contributed by atoms with Crippen LogP contribution in [0.1, 0.15) is 6.92 Å². The van der Waals surface area contributed by atoms with Gasteiger partial charge in [-0.05, 0) is 6.10 Å². The van der Waals surface area contributed by atoms with Crippen LogP contribution in [-0.2, 0) is 28.6 Å². The van der Waals surface area contributed by atoms with Gasteiger partial charge in [-0.1, -0.05) is 0 Å². The smallest absolute Gasteiger partial charge is 0.594 e. The van der Waals surface area contributed by atoms with E-state index in [4.69, 9.17) is 0 Å². The van der Waals surface area contributed by atoms with Gasteiger partial charge >= 0.3 is 29.6 Å². The zero-order chi connectivity index (χ0) is 10.4. The molecule has 0 unspecified atom stereocenters. The molecule has 0 aromatic heterocycles. The van der Waals surface area contributed by atoms with Crippen LogP contribution in [0.5, 0.6) is 0 Å². The second-order valence-corrected chi connectivity index (χ2v) is 1.91. The van der Waals surface area contributed by atoms with Crippen LogP contribution in [0.4, 0.5) is 0 Å². The van der Waals surface area contributed by atoms with Gasteiger partial charge in [0.05, 0.1) is 14.2 Å². The molecule has 7 heteroatoms.